The summed E-state index contributed by atoms with van der Waals surface area (Å²) in [5.41, 5.74) is -5.37. The van der Waals surface area contributed by atoms with E-state index in [1.54, 1.807) is 37.8 Å². The normalized spacial score (nSPS) is 20.4. The van der Waals surface area contributed by atoms with Gasteiger partial charge in [-0.25, -0.2) is 8.42 Å². The second kappa shape index (κ2) is 13.5. The summed E-state index contributed by atoms with van der Waals surface area (Å²) in [4.78, 5) is 63.1. The number of hydrogen-bond donors (Lipinski definition) is 3. The standard InChI is InChI=1S/C32H39F2N4O8PS2/c1-31(2,3)27(35-28(39)26-18-21-17-22(12-13-25(21)48-26)32(33,34)47(42,43)44)30(41)37-14-8-11-23(37)29(40)36-15-16-38(49(4,45)46)24(19-36)20-9-6-5-7-10-20/h5-7,9-10,12-13,17-18,23-24,27H,8,11,14-16,19H2,1-4H3,(H,35,39)(H2,42,43,44). The molecule has 17 heteroatoms. The van der Waals surface area contributed by atoms with Crippen molar-refractivity contribution in [3.8, 4) is 0 Å². The third kappa shape index (κ3) is 7.59. The molecule has 2 aromatic carbocycles. The summed E-state index contributed by atoms with van der Waals surface area (Å²) in [6.45, 7) is 5.93. The first-order valence-corrected chi connectivity index (χ1v) is 19.9. The van der Waals surface area contributed by atoms with Crippen LogP contribution >= 0.6 is 18.9 Å². The van der Waals surface area contributed by atoms with Crippen LogP contribution in [-0.2, 0) is 29.8 Å². The van der Waals surface area contributed by atoms with E-state index in [9.17, 15) is 36.1 Å². The smallest absolute Gasteiger partial charge is 0.339 e. The summed E-state index contributed by atoms with van der Waals surface area (Å²) in [5.74, 6) is -1.41. The quantitative estimate of drug-likeness (QED) is 0.291. The molecule has 2 aliphatic heterocycles. The first kappa shape index (κ1) is 37.0. The summed E-state index contributed by atoms with van der Waals surface area (Å²) in [6.07, 6.45) is 2.09. The molecule has 3 aromatic rings. The predicted molar refractivity (Wildman–Crippen MR) is 181 cm³/mol. The van der Waals surface area contributed by atoms with E-state index in [1.165, 1.54) is 21.3 Å². The summed E-state index contributed by atoms with van der Waals surface area (Å²) in [6, 6.07) is 11.0. The Morgan fingerprint density at radius 2 is 1.69 bits per heavy atom. The minimum absolute atomic E-state index is 0.0958. The van der Waals surface area contributed by atoms with Crippen LogP contribution in [0.2, 0.25) is 0 Å². The Balaban J connectivity index is 1.35. The van der Waals surface area contributed by atoms with E-state index in [4.69, 9.17) is 9.79 Å². The van der Waals surface area contributed by atoms with Crippen LogP contribution in [0.25, 0.3) is 10.1 Å². The fourth-order valence-electron chi connectivity index (χ4n) is 6.34. The Hall–Kier alpha value is -3.27. The molecule has 2 saturated heterocycles. The maximum absolute atomic E-state index is 14.3. The molecule has 2 fully saturated rings. The highest BCUT2D eigenvalue weighted by atomic mass is 32.2. The van der Waals surface area contributed by atoms with Gasteiger partial charge < -0.3 is 24.9 Å². The van der Waals surface area contributed by atoms with E-state index in [-0.39, 0.29) is 42.3 Å². The average Bonchev–Trinajstić information content (AvgIpc) is 3.69. The highest BCUT2D eigenvalue weighted by Gasteiger charge is 2.50. The highest BCUT2D eigenvalue weighted by molar-refractivity contribution is 7.88. The molecule has 3 atom stereocenters. The third-order valence-electron chi connectivity index (χ3n) is 8.92. The topological polar surface area (TPSA) is 165 Å². The highest BCUT2D eigenvalue weighted by Crippen LogP contribution is 2.59. The lowest BCUT2D eigenvalue weighted by atomic mass is 9.85. The number of carbonyl (C=O) groups is 3. The number of alkyl halides is 2. The van der Waals surface area contributed by atoms with Crippen LogP contribution in [0.4, 0.5) is 8.78 Å². The molecule has 49 heavy (non-hydrogen) atoms. The number of nitrogens with zero attached hydrogens (tertiary/aromatic N) is 3. The fraction of sp³-hybridized carbons (Fsp3) is 0.469. The van der Waals surface area contributed by atoms with Gasteiger partial charge in [0.1, 0.15) is 12.1 Å². The van der Waals surface area contributed by atoms with Gasteiger partial charge in [0, 0.05) is 36.4 Å². The molecule has 266 valence electrons. The number of hydrogen-bond acceptors (Lipinski definition) is 7. The van der Waals surface area contributed by atoms with E-state index in [0.717, 1.165) is 35.3 Å². The van der Waals surface area contributed by atoms with Gasteiger partial charge in [-0.2, -0.15) is 13.1 Å². The molecule has 1 aromatic heterocycles. The molecule has 12 nitrogen and oxygen atoms in total. The van der Waals surface area contributed by atoms with Crippen molar-refractivity contribution in [2.45, 2.75) is 57.4 Å². The van der Waals surface area contributed by atoms with Gasteiger partial charge >= 0.3 is 13.3 Å². The van der Waals surface area contributed by atoms with Gasteiger partial charge in [0.15, 0.2) is 0 Å². The van der Waals surface area contributed by atoms with Crippen LogP contribution in [0.15, 0.2) is 54.6 Å². The molecule has 5 rings (SSSR count). The van der Waals surface area contributed by atoms with Gasteiger partial charge in [-0.15, -0.1) is 11.3 Å². The van der Waals surface area contributed by atoms with Crippen molar-refractivity contribution in [2.24, 2.45) is 5.41 Å². The Kier molecular flexibility index (Phi) is 10.2. The van der Waals surface area contributed by atoms with Crippen molar-refractivity contribution in [3.63, 3.8) is 0 Å². The van der Waals surface area contributed by atoms with Gasteiger partial charge in [0.25, 0.3) is 5.91 Å². The lowest BCUT2D eigenvalue weighted by Crippen LogP contribution is -2.59. The molecule has 0 saturated carbocycles. The van der Waals surface area contributed by atoms with Crippen molar-refractivity contribution in [2.75, 3.05) is 32.4 Å². The number of amides is 3. The maximum Gasteiger partial charge on any atom is 0.399 e. The van der Waals surface area contributed by atoms with Crippen LogP contribution < -0.4 is 5.32 Å². The zero-order chi connectivity index (χ0) is 36.1. The number of carbonyl (C=O) groups excluding carboxylic acids is 3. The van der Waals surface area contributed by atoms with Crippen molar-refractivity contribution in [1.82, 2.24) is 19.4 Å². The second-order valence-electron chi connectivity index (χ2n) is 13.5. The average molecular weight is 741 g/mol. The number of halogens is 2. The zero-order valence-electron chi connectivity index (χ0n) is 27.4. The molecule has 0 radical (unpaired) electrons. The van der Waals surface area contributed by atoms with Crippen LogP contribution in [-0.4, -0.2) is 94.5 Å². The van der Waals surface area contributed by atoms with Gasteiger partial charge in [0.05, 0.1) is 17.2 Å². The number of piperazine rings is 1. The van der Waals surface area contributed by atoms with E-state index >= 15 is 0 Å². The van der Waals surface area contributed by atoms with Gasteiger partial charge in [-0.3, -0.25) is 18.9 Å². The molecule has 3 heterocycles. The van der Waals surface area contributed by atoms with Crippen molar-refractivity contribution < 1.29 is 45.9 Å². The Morgan fingerprint density at radius 3 is 2.31 bits per heavy atom. The Morgan fingerprint density at radius 1 is 1.02 bits per heavy atom. The van der Waals surface area contributed by atoms with Crippen LogP contribution in [0.5, 0.6) is 0 Å². The number of sulfonamides is 1. The molecule has 3 unspecified atom stereocenters. The molecule has 0 bridgehead atoms. The molecular formula is C32H39F2N4O8PS2. The lowest BCUT2D eigenvalue weighted by Gasteiger charge is -2.42. The first-order valence-electron chi connectivity index (χ1n) is 15.6. The van der Waals surface area contributed by atoms with E-state index in [1.807, 2.05) is 18.2 Å². The third-order valence-corrected chi connectivity index (χ3v) is 12.3. The number of thiophene rings is 1. The van der Waals surface area contributed by atoms with E-state index < -0.39 is 64.2 Å². The predicted octanol–water partition coefficient (Wildman–Crippen LogP) is 4.11. The van der Waals surface area contributed by atoms with Crippen molar-refractivity contribution in [1.29, 1.82) is 0 Å². The molecule has 3 N–H and O–H groups in total. The van der Waals surface area contributed by atoms with Gasteiger partial charge in [-0.1, -0.05) is 57.2 Å². The van der Waals surface area contributed by atoms with E-state index in [2.05, 4.69) is 5.32 Å². The number of nitrogens with one attached hydrogen (secondary N) is 1. The van der Waals surface area contributed by atoms with Gasteiger partial charge in [0.2, 0.25) is 21.8 Å². The number of benzene rings is 2. The molecule has 0 aliphatic carbocycles. The van der Waals surface area contributed by atoms with Crippen LogP contribution in [0, 0.1) is 5.41 Å². The summed E-state index contributed by atoms with van der Waals surface area (Å²) < 4.78 is 67.1. The van der Waals surface area contributed by atoms with Gasteiger partial charge in [-0.05, 0) is 47.4 Å². The molecular weight excluding hydrogens is 701 g/mol. The maximum atomic E-state index is 14.3. The van der Waals surface area contributed by atoms with Crippen molar-refractivity contribution in [3.05, 3.63) is 70.6 Å². The Bertz CT molecular complexity index is 1910. The summed E-state index contributed by atoms with van der Waals surface area (Å²) in [5, 5.41) is 2.95. The first-order chi connectivity index (χ1) is 22.7. The minimum Gasteiger partial charge on any atom is -0.339 e. The molecule has 3 amide bonds. The SMILES string of the molecule is CC(C)(C)C(NC(=O)c1cc2cc(C(F)(F)P(=O)(O)O)ccc2s1)C(=O)N1CCCC1C(=O)N1CCN(S(C)(=O)=O)C(c2ccccc2)C1. The molecule has 2 aliphatic rings. The number of likely N-dealkylation sites (tertiary alicyclic amines) is 1. The van der Waals surface area contributed by atoms with Crippen LogP contribution in [0.3, 0.4) is 0 Å². The minimum atomic E-state index is -5.79. The summed E-state index contributed by atoms with van der Waals surface area (Å²) >= 11 is 0.970. The summed E-state index contributed by atoms with van der Waals surface area (Å²) in [7, 11) is -9.37. The van der Waals surface area contributed by atoms with Crippen LogP contribution in [0.1, 0.15) is 60.5 Å². The number of rotatable bonds is 8. The Labute approximate surface area is 287 Å². The zero-order valence-corrected chi connectivity index (χ0v) is 29.9. The second-order valence-corrected chi connectivity index (χ2v) is 18.2. The fourth-order valence-corrected chi connectivity index (χ4v) is 8.82. The number of fused-ring (bicyclic) bond motifs is 1. The van der Waals surface area contributed by atoms with Crippen molar-refractivity contribution >= 4 is 56.8 Å². The lowest BCUT2D eigenvalue weighted by molar-refractivity contribution is -0.147. The molecule has 0 spiro atoms. The monoisotopic (exact) mass is 740 g/mol. The van der Waals surface area contributed by atoms with E-state index in [0.29, 0.717) is 17.5 Å². The largest absolute Gasteiger partial charge is 0.399 e.